The average Bonchev–Trinajstić information content (AvgIpc) is 2.62. The Balaban J connectivity index is 2.79. The Morgan fingerprint density at radius 3 is 2.24 bits per heavy atom. The molecule has 1 aromatic rings. The number of esters is 2. The molecule has 7 heteroatoms. The van der Waals surface area contributed by atoms with Gasteiger partial charge in [-0.15, -0.1) is 0 Å². The first-order valence-electron chi connectivity index (χ1n) is 7.96. The van der Waals surface area contributed by atoms with Gasteiger partial charge in [-0.2, -0.15) is 0 Å². The summed E-state index contributed by atoms with van der Waals surface area (Å²) in [6, 6.07) is 9.22. The number of methoxy groups -OCH3 is 2. The van der Waals surface area contributed by atoms with Gasteiger partial charge in [0.05, 0.1) is 14.2 Å². The minimum atomic E-state index is -1.22. The Morgan fingerprint density at radius 2 is 1.68 bits per heavy atom. The monoisotopic (exact) mass is 351 g/mol. The first-order chi connectivity index (χ1) is 11.8. The molecule has 0 N–H and O–H groups in total. The van der Waals surface area contributed by atoms with E-state index in [4.69, 9.17) is 9.47 Å². The molecule has 0 aromatic heterocycles. The summed E-state index contributed by atoms with van der Waals surface area (Å²) < 4.78 is 14.7. The predicted octanol–water partition coefficient (Wildman–Crippen LogP) is 2.53. The smallest absolute Gasteiger partial charge is 0.411 e. The fourth-order valence-corrected chi connectivity index (χ4v) is 2.24. The van der Waals surface area contributed by atoms with E-state index >= 15 is 0 Å². The molecule has 0 spiro atoms. The van der Waals surface area contributed by atoms with Crippen LogP contribution in [0, 0.1) is 0 Å². The Bertz CT molecular complexity index is 584. The highest BCUT2D eigenvalue weighted by atomic mass is 16.6. The maximum atomic E-state index is 12.5. The lowest BCUT2D eigenvalue weighted by atomic mass is 10.0. The molecule has 7 nitrogen and oxygen atoms in total. The van der Waals surface area contributed by atoms with Crippen LogP contribution in [-0.2, 0) is 30.4 Å². The Kier molecular flexibility index (Phi) is 7.91. The van der Waals surface area contributed by atoms with Crippen LogP contribution in [-0.4, -0.2) is 49.2 Å². The third kappa shape index (κ3) is 6.10. The maximum Gasteiger partial charge on any atom is 0.411 e. The molecule has 0 unspecified atom stereocenters. The molecule has 1 rings (SSSR count). The van der Waals surface area contributed by atoms with Crippen molar-refractivity contribution in [3.05, 3.63) is 35.9 Å². The molecule has 0 heterocycles. The van der Waals surface area contributed by atoms with Crippen LogP contribution in [0.3, 0.4) is 0 Å². The normalized spacial score (nSPS) is 10.7. The molecule has 0 saturated carbocycles. The molecule has 0 bridgehead atoms. The molecule has 0 aliphatic rings. The minimum absolute atomic E-state index is 0.0877. The lowest BCUT2D eigenvalue weighted by Gasteiger charge is -2.35. The molecule has 0 fully saturated rings. The van der Waals surface area contributed by atoms with Gasteiger partial charge in [-0.25, -0.2) is 9.59 Å². The molecule has 25 heavy (non-hydrogen) atoms. The summed E-state index contributed by atoms with van der Waals surface area (Å²) >= 11 is 0. The van der Waals surface area contributed by atoms with Gasteiger partial charge in [0.15, 0.2) is 0 Å². The second-order valence-electron chi connectivity index (χ2n) is 5.92. The van der Waals surface area contributed by atoms with Crippen LogP contribution in [0.15, 0.2) is 30.3 Å². The highest BCUT2D eigenvalue weighted by molar-refractivity contribution is 5.85. The average molecular weight is 351 g/mol. The first kappa shape index (κ1) is 20.5. The van der Waals surface area contributed by atoms with Gasteiger partial charge < -0.3 is 14.2 Å². The fraction of sp³-hybridized carbons (Fsp3) is 0.500. The molecule has 0 saturated heterocycles. The van der Waals surface area contributed by atoms with Gasteiger partial charge in [0, 0.05) is 13.0 Å². The molecule has 0 atom stereocenters. The predicted molar refractivity (Wildman–Crippen MR) is 90.7 cm³/mol. The van der Waals surface area contributed by atoms with Crippen LogP contribution >= 0.6 is 0 Å². The number of hydrogen-bond donors (Lipinski definition) is 0. The van der Waals surface area contributed by atoms with Gasteiger partial charge in [0.1, 0.15) is 12.1 Å². The zero-order chi connectivity index (χ0) is 18.9. The van der Waals surface area contributed by atoms with Crippen molar-refractivity contribution in [3.8, 4) is 0 Å². The molecular formula is C18H25NO6. The number of hydrogen-bond acceptors (Lipinski definition) is 6. The van der Waals surface area contributed by atoms with Gasteiger partial charge in [0.2, 0.25) is 0 Å². The van der Waals surface area contributed by atoms with Gasteiger partial charge >= 0.3 is 18.0 Å². The number of carbonyl (C=O) groups is 3. The number of rotatable bonds is 8. The molecule has 1 aromatic carbocycles. The Labute approximate surface area is 147 Å². The number of ether oxygens (including phenoxy) is 3. The van der Waals surface area contributed by atoms with E-state index in [-0.39, 0.29) is 25.5 Å². The van der Waals surface area contributed by atoms with E-state index in [1.54, 1.807) is 13.8 Å². The van der Waals surface area contributed by atoms with Crippen molar-refractivity contribution in [1.82, 2.24) is 4.90 Å². The minimum Gasteiger partial charge on any atom is -0.469 e. The second kappa shape index (κ2) is 9.66. The van der Waals surface area contributed by atoms with Crippen molar-refractivity contribution in [1.29, 1.82) is 0 Å². The van der Waals surface area contributed by atoms with Crippen molar-refractivity contribution in [2.45, 2.75) is 38.8 Å². The number of carbonyl (C=O) groups excluding carboxylic acids is 3. The SMILES string of the molecule is COC(=O)CCCN(C(=O)OCc1ccccc1)C(C)(C)C(=O)OC. The number of nitrogens with zero attached hydrogens (tertiary/aromatic N) is 1. The second-order valence-corrected chi connectivity index (χ2v) is 5.92. The van der Waals surface area contributed by atoms with E-state index in [0.29, 0.717) is 6.42 Å². The molecule has 0 aliphatic carbocycles. The summed E-state index contributed by atoms with van der Waals surface area (Å²) in [5, 5.41) is 0. The van der Waals surface area contributed by atoms with Gasteiger partial charge in [-0.1, -0.05) is 30.3 Å². The van der Waals surface area contributed by atoms with E-state index in [0.717, 1.165) is 5.56 Å². The van der Waals surface area contributed by atoms with Crippen LogP contribution < -0.4 is 0 Å². The van der Waals surface area contributed by atoms with Gasteiger partial charge in [-0.3, -0.25) is 9.69 Å². The molecule has 0 radical (unpaired) electrons. The largest absolute Gasteiger partial charge is 0.469 e. The summed E-state index contributed by atoms with van der Waals surface area (Å²) in [4.78, 5) is 37.1. The maximum absolute atomic E-state index is 12.5. The third-order valence-corrected chi connectivity index (χ3v) is 3.78. The summed E-state index contributed by atoms with van der Waals surface area (Å²) in [6.07, 6.45) is -0.173. The highest BCUT2D eigenvalue weighted by Gasteiger charge is 2.39. The summed E-state index contributed by atoms with van der Waals surface area (Å²) in [7, 11) is 2.55. The summed E-state index contributed by atoms with van der Waals surface area (Å²) in [6.45, 7) is 3.39. The van der Waals surface area contributed by atoms with Crippen LogP contribution in [0.4, 0.5) is 4.79 Å². The van der Waals surface area contributed by atoms with Crippen LogP contribution in [0.2, 0.25) is 0 Å². The van der Waals surface area contributed by atoms with Crippen LogP contribution in [0.25, 0.3) is 0 Å². The van der Waals surface area contributed by atoms with Crippen LogP contribution in [0.5, 0.6) is 0 Å². The third-order valence-electron chi connectivity index (χ3n) is 3.78. The van der Waals surface area contributed by atoms with E-state index < -0.39 is 17.6 Å². The van der Waals surface area contributed by atoms with Crippen molar-refractivity contribution in [2.24, 2.45) is 0 Å². The standard InChI is InChI=1S/C18H25NO6/c1-18(2,16(21)24-4)19(12-8-11-15(20)23-3)17(22)25-13-14-9-6-5-7-10-14/h5-7,9-10H,8,11-13H2,1-4H3. The lowest BCUT2D eigenvalue weighted by molar-refractivity contribution is -0.152. The van der Waals surface area contributed by atoms with Crippen molar-refractivity contribution >= 4 is 18.0 Å². The fourth-order valence-electron chi connectivity index (χ4n) is 2.24. The highest BCUT2D eigenvalue weighted by Crippen LogP contribution is 2.19. The lowest BCUT2D eigenvalue weighted by Crippen LogP contribution is -2.54. The Hall–Kier alpha value is -2.57. The molecular weight excluding hydrogens is 326 g/mol. The first-order valence-corrected chi connectivity index (χ1v) is 7.96. The zero-order valence-corrected chi connectivity index (χ0v) is 15.1. The van der Waals surface area contributed by atoms with E-state index in [1.165, 1.54) is 19.1 Å². The van der Waals surface area contributed by atoms with Gasteiger partial charge in [-0.05, 0) is 25.8 Å². The molecule has 138 valence electrons. The van der Waals surface area contributed by atoms with Crippen molar-refractivity contribution < 1.29 is 28.6 Å². The zero-order valence-electron chi connectivity index (χ0n) is 15.1. The van der Waals surface area contributed by atoms with E-state index in [2.05, 4.69) is 4.74 Å². The molecule has 0 aliphatic heterocycles. The van der Waals surface area contributed by atoms with Crippen LogP contribution in [0.1, 0.15) is 32.3 Å². The summed E-state index contributed by atoms with van der Waals surface area (Å²) in [5.41, 5.74) is -0.389. The summed E-state index contributed by atoms with van der Waals surface area (Å²) in [5.74, 6) is -0.948. The number of benzene rings is 1. The van der Waals surface area contributed by atoms with E-state index in [1.807, 2.05) is 30.3 Å². The quantitative estimate of drug-likeness (QED) is 0.529. The van der Waals surface area contributed by atoms with E-state index in [9.17, 15) is 14.4 Å². The van der Waals surface area contributed by atoms with Gasteiger partial charge in [0.25, 0.3) is 0 Å². The number of amides is 1. The Morgan fingerprint density at radius 1 is 1.04 bits per heavy atom. The topological polar surface area (TPSA) is 82.1 Å². The van der Waals surface area contributed by atoms with Crippen molar-refractivity contribution in [3.63, 3.8) is 0 Å². The van der Waals surface area contributed by atoms with Crippen molar-refractivity contribution in [2.75, 3.05) is 20.8 Å². The molecule has 1 amide bonds.